The molecule has 1 fully saturated rings. The van der Waals surface area contributed by atoms with Crippen LogP contribution in [0, 0.1) is 0 Å². The van der Waals surface area contributed by atoms with Crippen LogP contribution in [0.4, 0.5) is 0 Å². The highest BCUT2D eigenvalue weighted by Gasteiger charge is 2.31. The maximum Gasteiger partial charge on any atom is 0.266 e. The van der Waals surface area contributed by atoms with Gasteiger partial charge in [0.15, 0.2) is 0 Å². The van der Waals surface area contributed by atoms with Gasteiger partial charge in [0.1, 0.15) is 4.32 Å². The van der Waals surface area contributed by atoms with Gasteiger partial charge >= 0.3 is 0 Å². The molecule has 0 N–H and O–H groups in total. The third-order valence-corrected chi connectivity index (χ3v) is 4.74. The second-order valence-electron chi connectivity index (χ2n) is 5.02. The lowest BCUT2D eigenvalue weighted by Crippen LogP contribution is -2.30. The Bertz CT molecular complexity index is 737. The molecule has 0 radical (unpaired) electrons. The first-order chi connectivity index (χ1) is 10.6. The van der Waals surface area contributed by atoms with Crippen molar-refractivity contribution in [2.45, 2.75) is 6.42 Å². The molecular weight excluding hydrogens is 314 g/mol. The second kappa shape index (κ2) is 6.46. The Hall–Kier alpha value is -1.92. The number of hydrogen-bond acceptors (Lipinski definition) is 4. The van der Waals surface area contributed by atoms with Crippen LogP contribution in [0.3, 0.4) is 0 Å². The largest absolute Gasteiger partial charge is 0.293 e. The van der Waals surface area contributed by atoms with Crippen LogP contribution in [0.5, 0.6) is 0 Å². The fourth-order valence-electron chi connectivity index (χ4n) is 2.24. The van der Waals surface area contributed by atoms with Gasteiger partial charge in [0.2, 0.25) is 0 Å². The summed E-state index contributed by atoms with van der Waals surface area (Å²) in [6.45, 7) is 0.610. The van der Waals surface area contributed by atoms with E-state index in [1.54, 1.807) is 15.8 Å². The number of thioether (sulfide) groups is 1. The first kappa shape index (κ1) is 15.0. The smallest absolute Gasteiger partial charge is 0.266 e. The Kier molecular flexibility index (Phi) is 4.40. The van der Waals surface area contributed by atoms with Crippen molar-refractivity contribution in [2.24, 2.45) is 7.05 Å². The van der Waals surface area contributed by atoms with E-state index >= 15 is 0 Å². The van der Waals surface area contributed by atoms with Crippen LogP contribution in [0.15, 0.2) is 47.6 Å². The minimum Gasteiger partial charge on any atom is -0.293 e. The van der Waals surface area contributed by atoms with Gasteiger partial charge in [-0.25, -0.2) is 0 Å². The zero-order valence-corrected chi connectivity index (χ0v) is 13.7. The molecule has 0 bridgehead atoms. The molecule has 2 heterocycles. The fraction of sp³-hybridized carbons (Fsp3) is 0.188. The van der Waals surface area contributed by atoms with Gasteiger partial charge in [0.25, 0.3) is 5.91 Å². The molecule has 112 valence electrons. The molecule has 0 saturated carbocycles. The number of nitrogens with zero attached hydrogens (tertiary/aromatic N) is 3. The molecule has 0 spiro atoms. The van der Waals surface area contributed by atoms with Crippen LogP contribution in [-0.4, -0.2) is 31.5 Å². The molecule has 22 heavy (non-hydrogen) atoms. The van der Waals surface area contributed by atoms with Crippen molar-refractivity contribution in [3.8, 4) is 0 Å². The molecular formula is C16H15N3OS2. The van der Waals surface area contributed by atoms with E-state index in [-0.39, 0.29) is 5.91 Å². The summed E-state index contributed by atoms with van der Waals surface area (Å²) in [5, 5.41) is 4.10. The summed E-state index contributed by atoms with van der Waals surface area (Å²) in [4.78, 5) is 14.8. The average Bonchev–Trinajstić information content (AvgIpc) is 3.03. The van der Waals surface area contributed by atoms with Crippen molar-refractivity contribution in [1.82, 2.24) is 14.7 Å². The molecule has 0 atom stereocenters. The van der Waals surface area contributed by atoms with Crippen molar-refractivity contribution in [3.05, 3.63) is 58.8 Å². The molecule has 1 aliphatic rings. The summed E-state index contributed by atoms with van der Waals surface area (Å²) < 4.78 is 2.33. The predicted molar refractivity (Wildman–Crippen MR) is 93.2 cm³/mol. The van der Waals surface area contributed by atoms with Crippen molar-refractivity contribution in [2.75, 3.05) is 6.54 Å². The van der Waals surface area contributed by atoms with Crippen molar-refractivity contribution in [3.63, 3.8) is 0 Å². The number of carbonyl (C=O) groups excluding carboxylic acids is 1. The van der Waals surface area contributed by atoms with Crippen LogP contribution < -0.4 is 0 Å². The Morgan fingerprint density at radius 1 is 1.32 bits per heavy atom. The van der Waals surface area contributed by atoms with Crippen molar-refractivity contribution < 1.29 is 4.79 Å². The molecule has 0 aliphatic carbocycles. The van der Waals surface area contributed by atoms with Gasteiger partial charge in [0.05, 0.1) is 11.1 Å². The van der Waals surface area contributed by atoms with Crippen molar-refractivity contribution >= 4 is 40.3 Å². The maximum atomic E-state index is 12.5. The highest BCUT2D eigenvalue weighted by atomic mass is 32.2. The molecule has 3 rings (SSSR count). The van der Waals surface area contributed by atoms with Crippen LogP contribution in [0.2, 0.25) is 0 Å². The highest BCUT2D eigenvalue weighted by molar-refractivity contribution is 8.26. The summed E-state index contributed by atoms with van der Waals surface area (Å²) in [7, 11) is 1.85. The van der Waals surface area contributed by atoms with Gasteiger partial charge in [-0.15, -0.1) is 0 Å². The van der Waals surface area contributed by atoms with E-state index in [4.69, 9.17) is 12.2 Å². The van der Waals surface area contributed by atoms with Crippen LogP contribution in [-0.2, 0) is 18.3 Å². The lowest BCUT2D eigenvalue weighted by Gasteiger charge is -2.14. The van der Waals surface area contributed by atoms with E-state index in [9.17, 15) is 4.79 Å². The molecule has 4 nitrogen and oxygen atoms in total. The summed E-state index contributed by atoms with van der Waals surface area (Å²) in [5.41, 5.74) is 2.11. The second-order valence-corrected chi connectivity index (χ2v) is 6.69. The van der Waals surface area contributed by atoms with Gasteiger partial charge in [0, 0.05) is 25.4 Å². The minimum absolute atomic E-state index is 0.0187. The zero-order valence-electron chi connectivity index (χ0n) is 12.1. The number of thiocarbonyl (C=S) groups is 1. The lowest BCUT2D eigenvalue weighted by molar-refractivity contribution is -0.122. The van der Waals surface area contributed by atoms with Gasteiger partial charge in [-0.3, -0.25) is 14.4 Å². The summed E-state index contributed by atoms with van der Waals surface area (Å²) in [5.74, 6) is -0.0187. The third-order valence-electron chi connectivity index (χ3n) is 3.36. The standard InChI is InChI=1S/C16H15N3OS2/c1-18-11-13(10-17-18)9-14-15(20)19(16(21)22-14)8-7-12-5-3-2-4-6-12/h2-6,9-11H,7-8H2,1H3. The Morgan fingerprint density at radius 3 is 2.77 bits per heavy atom. The number of hydrogen-bond donors (Lipinski definition) is 0. The van der Waals surface area contributed by atoms with Gasteiger partial charge in [-0.1, -0.05) is 54.3 Å². The Balaban J connectivity index is 1.70. The van der Waals surface area contributed by atoms with E-state index in [1.807, 2.05) is 37.5 Å². The average molecular weight is 329 g/mol. The quantitative estimate of drug-likeness (QED) is 0.639. The molecule has 1 amide bonds. The Morgan fingerprint density at radius 2 is 2.09 bits per heavy atom. The summed E-state index contributed by atoms with van der Waals surface area (Å²) >= 11 is 6.69. The maximum absolute atomic E-state index is 12.5. The van der Waals surface area contributed by atoms with E-state index < -0.39 is 0 Å². The van der Waals surface area contributed by atoms with Crippen LogP contribution >= 0.6 is 24.0 Å². The number of rotatable bonds is 4. The van der Waals surface area contributed by atoms with Crippen LogP contribution in [0.1, 0.15) is 11.1 Å². The monoisotopic (exact) mass is 329 g/mol. The number of aryl methyl sites for hydroxylation is 1. The fourth-order valence-corrected chi connectivity index (χ4v) is 3.55. The van der Waals surface area contributed by atoms with Crippen molar-refractivity contribution in [1.29, 1.82) is 0 Å². The Labute approximate surface area is 138 Å². The number of aromatic nitrogens is 2. The van der Waals surface area contributed by atoms with E-state index in [0.717, 1.165) is 12.0 Å². The predicted octanol–water partition coefficient (Wildman–Crippen LogP) is 2.86. The molecule has 6 heteroatoms. The number of amides is 1. The summed E-state index contributed by atoms with van der Waals surface area (Å²) in [6, 6.07) is 10.1. The van der Waals surface area contributed by atoms with E-state index in [1.165, 1.54) is 17.3 Å². The summed E-state index contributed by atoms with van der Waals surface area (Å²) in [6.07, 6.45) is 6.25. The van der Waals surface area contributed by atoms with Gasteiger partial charge < -0.3 is 0 Å². The number of benzene rings is 1. The minimum atomic E-state index is -0.0187. The highest BCUT2D eigenvalue weighted by Crippen LogP contribution is 2.32. The zero-order chi connectivity index (χ0) is 15.5. The molecule has 0 unspecified atom stereocenters. The topological polar surface area (TPSA) is 38.1 Å². The first-order valence-corrected chi connectivity index (χ1v) is 8.14. The van der Waals surface area contributed by atoms with Gasteiger partial charge in [-0.05, 0) is 18.1 Å². The molecule has 1 aromatic heterocycles. The third kappa shape index (κ3) is 3.28. The number of carbonyl (C=O) groups is 1. The van der Waals surface area contributed by atoms with Crippen LogP contribution in [0.25, 0.3) is 6.08 Å². The lowest BCUT2D eigenvalue weighted by atomic mass is 10.1. The SMILES string of the molecule is Cn1cc(C=C2SC(=S)N(CCc3ccccc3)C2=O)cn1. The first-order valence-electron chi connectivity index (χ1n) is 6.91. The molecule has 2 aromatic rings. The normalized spacial score (nSPS) is 16.8. The van der Waals surface area contributed by atoms with Gasteiger partial charge in [-0.2, -0.15) is 5.10 Å². The van der Waals surface area contributed by atoms with E-state index in [0.29, 0.717) is 15.8 Å². The van der Waals surface area contributed by atoms with E-state index in [2.05, 4.69) is 17.2 Å². The molecule has 1 aliphatic heterocycles. The molecule has 1 aromatic carbocycles. The molecule has 1 saturated heterocycles.